The molecule has 0 amide bonds. The largest absolute Gasteiger partial charge is 0.395 e. The van der Waals surface area contributed by atoms with Crippen molar-refractivity contribution in [1.82, 2.24) is 4.31 Å². The minimum absolute atomic E-state index is 0.0321. The molecular formula is C12H15NO3S. The Balaban J connectivity index is 3.24. The molecule has 0 saturated heterocycles. The number of sulfonamides is 1. The summed E-state index contributed by atoms with van der Waals surface area (Å²) in [6.07, 6.45) is 0.330. The second-order valence-electron chi connectivity index (χ2n) is 3.56. The highest BCUT2D eigenvalue weighted by atomic mass is 32.2. The quantitative estimate of drug-likeness (QED) is 0.806. The van der Waals surface area contributed by atoms with Crippen molar-refractivity contribution in [2.75, 3.05) is 20.7 Å². The Bertz CT molecular complexity index is 538. The number of aliphatic hydroxyl groups excluding tert-OH is 1. The Kier molecular flexibility index (Phi) is 4.70. The summed E-state index contributed by atoms with van der Waals surface area (Å²) in [7, 11) is -0.517. The lowest BCUT2D eigenvalue weighted by molar-refractivity contribution is 0.305. The van der Waals surface area contributed by atoms with Gasteiger partial charge < -0.3 is 5.11 Å². The van der Waals surface area contributed by atoms with Crippen LogP contribution in [0.3, 0.4) is 0 Å². The second-order valence-corrected chi connectivity index (χ2v) is 5.68. The third kappa shape index (κ3) is 3.30. The van der Waals surface area contributed by atoms with Crippen LogP contribution in [-0.4, -0.2) is 38.5 Å². The molecule has 0 aliphatic carbocycles. The summed E-state index contributed by atoms with van der Waals surface area (Å²) in [5, 5.41) is 8.63. The molecule has 0 fully saturated rings. The molecule has 1 N–H and O–H groups in total. The van der Waals surface area contributed by atoms with Gasteiger partial charge in [-0.25, -0.2) is 12.7 Å². The smallest absolute Gasteiger partial charge is 0.243 e. The normalized spacial score (nSPS) is 11.1. The average Bonchev–Trinajstić information content (AvgIpc) is 2.29. The first-order valence-electron chi connectivity index (χ1n) is 5.11. The molecule has 0 unspecified atom stereocenters. The monoisotopic (exact) mass is 253 g/mol. The fourth-order valence-corrected chi connectivity index (χ4v) is 2.25. The van der Waals surface area contributed by atoms with E-state index in [-0.39, 0.29) is 11.5 Å². The summed E-state index contributed by atoms with van der Waals surface area (Å²) in [6.45, 7) is -0.0321. The van der Waals surface area contributed by atoms with Crippen LogP contribution in [0.15, 0.2) is 29.2 Å². The zero-order chi connectivity index (χ0) is 12.9. The second kappa shape index (κ2) is 5.82. The number of hydrogen-bond donors (Lipinski definition) is 1. The van der Waals surface area contributed by atoms with Gasteiger partial charge in [0.05, 0.1) is 11.5 Å². The molecule has 0 bridgehead atoms. The van der Waals surface area contributed by atoms with E-state index in [0.29, 0.717) is 12.0 Å². The van der Waals surface area contributed by atoms with Crippen LogP contribution in [0.2, 0.25) is 0 Å². The van der Waals surface area contributed by atoms with Crippen LogP contribution in [0.1, 0.15) is 12.0 Å². The van der Waals surface area contributed by atoms with E-state index in [1.807, 2.05) is 0 Å². The molecule has 0 aliphatic heterocycles. The van der Waals surface area contributed by atoms with Gasteiger partial charge in [0.25, 0.3) is 0 Å². The van der Waals surface area contributed by atoms with Crippen LogP contribution in [0.5, 0.6) is 0 Å². The van der Waals surface area contributed by atoms with Gasteiger partial charge in [-0.2, -0.15) is 0 Å². The fraction of sp³-hybridized carbons (Fsp3) is 0.333. The van der Waals surface area contributed by atoms with Crippen molar-refractivity contribution in [2.24, 2.45) is 0 Å². The molecule has 0 spiro atoms. The number of rotatable bonds is 3. The third-order valence-electron chi connectivity index (χ3n) is 2.11. The molecule has 0 heterocycles. The van der Waals surface area contributed by atoms with E-state index in [4.69, 9.17) is 5.11 Å². The summed E-state index contributed by atoms with van der Waals surface area (Å²) in [4.78, 5) is 0.190. The Morgan fingerprint density at radius 1 is 1.29 bits per heavy atom. The van der Waals surface area contributed by atoms with Gasteiger partial charge in [-0.05, 0) is 12.1 Å². The van der Waals surface area contributed by atoms with Crippen molar-refractivity contribution in [1.29, 1.82) is 0 Å². The number of hydrogen-bond acceptors (Lipinski definition) is 3. The molecule has 0 aromatic heterocycles. The maximum Gasteiger partial charge on any atom is 0.243 e. The Labute approximate surface area is 102 Å². The zero-order valence-corrected chi connectivity index (χ0v) is 10.7. The van der Waals surface area contributed by atoms with Crippen molar-refractivity contribution in [3.63, 3.8) is 0 Å². The van der Waals surface area contributed by atoms with Crippen molar-refractivity contribution in [3.8, 4) is 11.8 Å². The fourth-order valence-electron chi connectivity index (χ4n) is 1.21. The molecule has 0 saturated carbocycles. The predicted octanol–water partition coefficient (Wildman–Crippen LogP) is 0.671. The minimum Gasteiger partial charge on any atom is -0.395 e. The maximum atomic E-state index is 12.0. The van der Waals surface area contributed by atoms with Crippen molar-refractivity contribution >= 4 is 10.0 Å². The highest BCUT2D eigenvalue weighted by molar-refractivity contribution is 7.89. The van der Waals surface area contributed by atoms with Gasteiger partial charge in [0.1, 0.15) is 0 Å². The summed E-state index contributed by atoms with van der Waals surface area (Å²) < 4.78 is 25.1. The lowest BCUT2D eigenvalue weighted by atomic mass is 10.2. The van der Waals surface area contributed by atoms with Crippen LogP contribution < -0.4 is 0 Å². The van der Waals surface area contributed by atoms with Crippen molar-refractivity contribution in [2.45, 2.75) is 11.3 Å². The minimum atomic E-state index is -3.48. The first-order valence-corrected chi connectivity index (χ1v) is 6.55. The maximum absolute atomic E-state index is 12.0. The molecule has 1 aromatic carbocycles. The van der Waals surface area contributed by atoms with E-state index in [1.54, 1.807) is 18.2 Å². The molecule has 0 atom stereocenters. The van der Waals surface area contributed by atoms with Crippen LogP contribution >= 0.6 is 0 Å². The number of nitrogens with zero attached hydrogens (tertiary/aromatic N) is 1. The molecular weight excluding hydrogens is 238 g/mol. The van der Waals surface area contributed by atoms with Crippen molar-refractivity contribution < 1.29 is 13.5 Å². The summed E-state index contributed by atoms with van der Waals surface area (Å²) >= 11 is 0. The van der Waals surface area contributed by atoms with Gasteiger partial charge in [0.15, 0.2) is 0 Å². The van der Waals surface area contributed by atoms with Gasteiger partial charge in [-0.1, -0.05) is 24.0 Å². The van der Waals surface area contributed by atoms with Gasteiger partial charge >= 0.3 is 0 Å². The summed E-state index contributed by atoms with van der Waals surface area (Å²) in [5.74, 6) is 5.48. The van der Waals surface area contributed by atoms with E-state index >= 15 is 0 Å². The van der Waals surface area contributed by atoms with Gasteiger partial charge in [0.2, 0.25) is 10.0 Å². The summed E-state index contributed by atoms with van der Waals surface area (Å²) in [6, 6.07) is 6.57. The van der Waals surface area contributed by atoms with Crippen molar-refractivity contribution in [3.05, 3.63) is 29.8 Å². The molecule has 0 radical (unpaired) electrons. The highest BCUT2D eigenvalue weighted by Crippen LogP contribution is 2.17. The van der Waals surface area contributed by atoms with E-state index in [1.165, 1.54) is 20.2 Å². The van der Waals surface area contributed by atoms with E-state index < -0.39 is 10.0 Å². The lowest BCUT2D eigenvalue weighted by Crippen LogP contribution is -2.23. The summed E-state index contributed by atoms with van der Waals surface area (Å²) in [5.41, 5.74) is 0.453. The van der Waals surface area contributed by atoms with E-state index in [2.05, 4.69) is 11.8 Å². The van der Waals surface area contributed by atoms with E-state index in [0.717, 1.165) is 4.31 Å². The van der Waals surface area contributed by atoms with Crippen LogP contribution in [0.4, 0.5) is 0 Å². The Hall–Kier alpha value is -1.35. The third-order valence-corrected chi connectivity index (χ3v) is 3.98. The molecule has 0 aliphatic rings. The average molecular weight is 253 g/mol. The van der Waals surface area contributed by atoms with Crippen LogP contribution in [-0.2, 0) is 10.0 Å². The highest BCUT2D eigenvalue weighted by Gasteiger charge is 2.19. The Morgan fingerprint density at radius 3 is 2.53 bits per heavy atom. The van der Waals surface area contributed by atoms with E-state index in [9.17, 15) is 8.42 Å². The molecule has 1 aromatic rings. The first-order chi connectivity index (χ1) is 8.00. The molecule has 92 valence electrons. The molecule has 1 rings (SSSR count). The SMILES string of the molecule is CN(C)S(=O)(=O)c1ccccc1C#CCCO. The van der Waals surface area contributed by atoms with Gasteiger partial charge in [0, 0.05) is 26.1 Å². The molecule has 17 heavy (non-hydrogen) atoms. The van der Waals surface area contributed by atoms with Gasteiger partial charge in [-0.3, -0.25) is 0 Å². The van der Waals surface area contributed by atoms with Crippen LogP contribution in [0.25, 0.3) is 0 Å². The topological polar surface area (TPSA) is 57.6 Å². The first kappa shape index (κ1) is 13.7. The van der Waals surface area contributed by atoms with Crippen LogP contribution in [0, 0.1) is 11.8 Å². The number of aliphatic hydroxyl groups is 1. The predicted molar refractivity (Wildman–Crippen MR) is 65.9 cm³/mol. The lowest BCUT2D eigenvalue weighted by Gasteiger charge is -2.12. The molecule has 5 heteroatoms. The molecule has 4 nitrogen and oxygen atoms in total. The van der Waals surface area contributed by atoms with Gasteiger partial charge in [-0.15, -0.1) is 0 Å². The Morgan fingerprint density at radius 2 is 1.94 bits per heavy atom. The number of benzene rings is 1. The standard InChI is InChI=1S/C12H15NO3S/c1-13(2)17(15,16)12-9-4-3-7-11(12)8-5-6-10-14/h3-4,7,9,14H,6,10H2,1-2H3. The zero-order valence-electron chi connectivity index (χ0n) is 9.84.